The van der Waals surface area contributed by atoms with E-state index in [4.69, 9.17) is 9.31 Å². The van der Waals surface area contributed by atoms with E-state index in [1.54, 1.807) is 0 Å². The molecule has 0 spiro atoms. The van der Waals surface area contributed by atoms with Crippen molar-refractivity contribution >= 4 is 12.6 Å². The van der Waals surface area contributed by atoms with Gasteiger partial charge in [-0.2, -0.15) is 13.2 Å². The smallest absolute Gasteiger partial charge is 0.399 e. The standard InChI is InChI=1S/C23H25BF3NO2/c1-21(2)22(3,4)30-24(29-21)19-12-28-20(11-18(19)23(25,26)27)15-7-8-16-13-5-6-14(9-13)17(16)10-15/h7-8,10-14H,5-6,9H2,1-4H3. The van der Waals surface area contributed by atoms with Crippen molar-refractivity contribution in [2.75, 3.05) is 0 Å². The van der Waals surface area contributed by atoms with E-state index in [0.29, 0.717) is 17.5 Å². The van der Waals surface area contributed by atoms with Crippen molar-refractivity contribution in [2.24, 2.45) is 0 Å². The summed E-state index contributed by atoms with van der Waals surface area (Å²) in [4.78, 5) is 4.39. The predicted molar refractivity (Wildman–Crippen MR) is 110 cm³/mol. The first-order valence-corrected chi connectivity index (χ1v) is 10.5. The van der Waals surface area contributed by atoms with Crippen LogP contribution in [0.15, 0.2) is 30.5 Å². The first-order chi connectivity index (χ1) is 14.0. The van der Waals surface area contributed by atoms with Gasteiger partial charge >= 0.3 is 13.3 Å². The van der Waals surface area contributed by atoms with Crippen LogP contribution in [0, 0.1) is 0 Å². The molecule has 30 heavy (non-hydrogen) atoms. The molecule has 1 aliphatic heterocycles. The fourth-order valence-corrected chi connectivity index (χ4v) is 5.03. The first-order valence-electron chi connectivity index (χ1n) is 10.5. The maximum atomic E-state index is 14.0. The van der Waals surface area contributed by atoms with Gasteiger partial charge in [0.25, 0.3) is 0 Å². The second-order valence-electron chi connectivity index (χ2n) is 9.79. The van der Waals surface area contributed by atoms with Crippen molar-refractivity contribution in [1.29, 1.82) is 0 Å². The van der Waals surface area contributed by atoms with Crippen LogP contribution in [0.25, 0.3) is 11.3 Å². The van der Waals surface area contributed by atoms with Crippen molar-refractivity contribution in [1.82, 2.24) is 4.98 Å². The Morgan fingerprint density at radius 3 is 2.23 bits per heavy atom. The second-order valence-corrected chi connectivity index (χ2v) is 9.79. The highest BCUT2D eigenvalue weighted by atomic mass is 19.4. The van der Waals surface area contributed by atoms with Gasteiger partial charge in [0, 0.05) is 17.2 Å². The molecule has 1 aromatic heterocycles. The average molecular weight is 415 g/mol. The fraction of sp³-hybridized carbons (Fsp3) is 0.522. The van der Waals surface area contributed by atoms with Crippen molar-refractivity contribution in [3.8, 4) is 11.3 Å². The zero-order chi connectivity index (χ0) is 21.5. The molecule has 3 aliphatic rings. The van der Waals surface area contributed by atoms with Crippen LogP contribution < -0.4 is 5.46 Å². The number of rotatable bonds is 2. The summed E-state index contributed by atoms with van der Waals surface area (Å²) in [6.45, 7) is 7.28. The monoisotopic (exact) mass is 415 g/mol. The molecule has 2 aromatic rings. The van der Waals surface area contributed by atoms with Crippen molar-refractivity contribution in [3.63, 3.8) is 0 Å². The lowest BCUT2D eigenvalue weighted by Crippen LogP contribution is -2.41. The van der Waals surface area contributed by atoms with Gasteiger partial charge in [0.2, 0.25) is 0 Å². The molecule has 7 heteroatoms. The predicted octanol–water partition coefficient (Wildman–Crippen LogP) is 5.43. The highest BCUT2D eigenvalue weighted by molar-refractivity contribution is 6.62. The molecule has 5 rings (SSSR count). The summed E-state index contributed by atoms with van der Waals surface area (Å²) in [5.74, 6) is 1.15. The Balaban J connectivity index is 1.55. The molecule has 2 heterocycles. The minimum absolute atomic E-state index is 0.0786. The number of pyridine rings is 1. The van der Waals surface area contributed by atoms with E-state index >= 15 is 0 Å². The third-order valence-electron chi connectivity index (χ3n) is 7.44. The summed E-state index contributed by atoms with van der Waals surface area (Å²) < 4.78 is 53.7. The van der Waals surface area contributed by atoms with Crippen LogP contribution in [0.1, 0.15) is 75.5 Å². The zero-order valence-electron chi connectivity index (χ0n) is 17.6. The second kappa shape index (κ2) is 6.33. The Labute approximate surface area is 175 Å². The molecule has 0 radical (unpaired) electrons. The van der Waals surface area contributed by atoms with E-state index in [-0.39, 0.29) is 5.46 Å². The number of nitrogens with zero attached hydrogens (tertiary/aromatic N) is 1. The Morgan fingerprint density at radius 2 is 1.60 bits per heavy atom. The topological polar surface area (TPSA) is 31.4 Å². The lowest BCUT2D eigenvalue weighted by atomic mass is 9.76. The molecule has 3 nitrogen and oxygen atoms in total. The van der Waals surface area contributed by atoms with Gasteiger partial charge in [-0.05, 0) is 82.1 Å². The largest absolute Gasteiger partial charge is 0.497 e. The molecule has 1 saturated heterocycles. The van der Waals surface area contributed by atoms with E-state index in [2.05, 4.69) is 11.1 Å². The molecule has 1 aromatic carbocycles. The molecule has 2 bridgehead atoms. The molecule has 2 aliphatic carbocycles. The minimum Gasteiger partial charge on any atom is -0.399 e. The number of aromatic nitrogens is 1. The number of alkyl halides is 3. The van der Waals surface area contributed by atoms with Crippen molar-refractivity contribution in [2.45, 2.75) is 76.2 Å². The van der Waals surface area contributed by atoms with E-state index in [1.807, 2.05) is 39.8 Å². The van der Waals surface area contributed by atoms with Gasteiger partial charge in [0.15, 0.2) is 0 Å². The van der Waals surface area contributed by atoms with E-state index < -0.39 is 30.1 Å². The quantitative estimate of drug-likeness (QED) is 0.613. The van der Waals surface area contributed by atoms with Gasteiger partial charge in [-0.3, -0.25) is 4.98 Å². The Bertz CT molecular complexity index is 1000. The summed E-state index contributed by atoms with van der Waals surface area (Å²) in [6, 6.07) is 7.15. The van der Waals surface area contributed by atoms with Gasteiger partial charge < -0.3 is 9.31 Å². The molecule has 0 amide bonds. The van der Waals surface area contributed by atoms with Crippen LogP contribution in [0.2, 0.25) is 0 Å². The first kappa shape index (κ1) is 20.1. The summed E-state index contributed by atoms with van der Waals surface area (Å²) in [5, 5.41) is 0. The van der Waals surface area contributed by atoms with Crippen LogP contribution in [-0.2, 0) is 15.5 Å². The van der Waals surface area contributed by atoms with E-state index in [9.17, 15) is 13.2 Å². The highest BCUT2D eigenvalue weighted by Gasteiger charge is 2.54. The lowest BCUT2D eigenvalue weighted by molar-refractivity contribution is -0.136. The molecule has 0 N–H and O–H groups in total. The van der Waals surface area contributed by atoms with Crippen LogP contribution in [0.4, 0.5) is 13.2 Å². The highest BCUT2D eigenvalue weighted by Crippen LogP contribution is 2.53. The molecule has 158 valence electrons. The van der Waals surface area contributed by atoms with Crippen molar-refractivity contribution in [3.05, 3.63) is 47.2 Å². The average Bonchev–Trinajstić information content (AvgIpc) is 3.33. The third kappa shape index (κ3) is 3.01. The molecule has 2 fully saturated rings. The van der Waals surface area contributed by atoms with Gasteiger partial charge in [-0.1, -0.05) is 12.1 Å². The summed E-state index contributed by atoms with van der Waals surface area (Å²) in [6.07, 6.45) is 0.284. The number of benzene rings is 1. The number of halogens is 3. The van der Waals surface area contributed by atoms with Gasteiger partial charge in [-0.15, -0.1) is 0 Å². The van der Waals surface area contributed by atoms with E-state index in [0.717, 1.165) is 11.6 Å². The van der Waals surface area contributed by atoms with Crippen LogP contribution in [0.3, 0.4) is 0 Å². The number of fused-ring (bicyclic) bond motifs is 5. The molecular weight excluding hydrogens is 390 g/mol. The maximum absolute atomic E-state index is 14.0. The Kier molecular flexibility index (Phi) is 4.23. The minimum atomic E-state index is -4.54. The summed E-state index contributed by atoms with van der Waals surface area (Å²) >= 11 is 0. The lowest BCUT2D eigenvalue weighted by Gasteiger charge is -2.32. The Morgan fingerprint density at radius 1 is 0.967 bits per heavy atom. The zero-order valence-corrected chi connectivity index (χ0v) is 17.6. The number of hydrogen-bond acceptors (Lipinski definition) is 3. The molecule has 2 atom stereocenters. The normalized spacial score (nSPS) is 26.3. The van der Waals surface area contributed by atoms with Gasteiger partial charge in [-0.25, -0.2) is 0 Å². The van der Waals surface area contributed by atoms with Gasteiger partial charge in [0.05, 0.1) is 22.5 Å². The van der Waals surface area contributed by atoms with E-state index in [1.165, 1.54) is 36.6 Å². The number of hydrogen-bond donors (Lipinski definition) is 0. The Hall–Kier alpha value is -1.86. The third-order valence-corrected chi connectivity index (χ3v) is 7.44. The van der Waals surface area contributed by atoms with Crippen LogP contribution in [-0.4, -0.2) is 23.3 Å². The molecular formula is C23H25BF3NO2. The molecule has 2 unspecified atom stereocenters. The van der Waals surface area contributed by atoms with Crippen LogP contribution in [0.5, 0.6) is 0 Å². The van der Waals surface area contributed by atoms with Crippen LogP contribution >= 0.6 is 0 Å². The molecule has 1 saturated carbocycles. The fourth-order valence-electron chi connectivity index (χ4n) is 5.03. The maximum Gasteiger partial charge on any atom is 0.497 e. The van der Waals surface area contributed by atoms with Gasteiger partial charge in [0.1, 0.15) is 0 Å². The SMILES string of the molecule is CC1(C)OB(c2cnc(-c3ccc4c(c3)C3CCC4C3)cc2C(F)(F)F)OC1(C)C. The summed E-state index contributed by atoms with van der Waals surface area (Å²) in [7, 11) is -1.11. The van der Waals surface area contributed by atoms with Crippen molar-refractivity contribution < 1.29 is 22.5 Å². The summed E-state index contributed by atoms with van der Waals surface area (Å²) in [5.41, 5.74) is 1.42.